The number of fused-ring (bicyclic) bond motifs is 1. The van der Waals surface area contributed by atoms with E-state index in [1.807, 2.05) is 24.3 Å². The fraction of sp³-hybridized carbons (Fsp3) is 0.412. The summed E-state index contributed by atoms with van der Waals surface area (Å²) in [5.41, 5.74) is 0.949. The summed E-state index contributed by atoms with van der Waals surface area (Å²) in [7, 11) is 0. The summed E-state index contributed by atoms with van der Waals surface area (Å²) in [6.45, 7) is 0. The Kier molecular flexibility index (Phi) is 3.80. The van der Waals surface area contributed by atoms with E-state index in [4.69, 9.17) is 0 Å². The first kappa shape index (κ1) is 15.3. The van der Waals surface area contributed by atoms with E-state index in [1.165, 1.54) is 0 Å². The van der Waals surface area contributed by atoms with Crippen molar-refractivity contribution in [3.05, 3.63) is 29.3 Å². The molecule has 1 aromatic carbocycles. The van der Waals surface area contributed by atoms with E-state index in [-0.39, 0.29) is 30.2 Å². The summed E-state index contributed by atoms with van der Waals surface area (Å²) in [5, 5.41) is 3.22. The van der Waals surface area contributed by atoms with Gasteiger partial charge in [-0.1, -0.05) is 12.1 Å². The molecule has 2 heterocycles. The molecule has 7 heteroatoms. The summed E-state index contributed by atoms with van der Waals surface area (Å²) < 4.78 is 1.11. The third-order valence-corrected chi connectivity index (χ3v) is 5.50. The van der Waals surface area contributed by atoms with Crippen LogP contribution in [0.3, 0.4) is 0 Å². The van der Waals surface area contributed by atoms with Gasteiger partial charge in [0, 0.05) is 18.9 Å². The number of aromatic nitrogens is 1. The van der Waals surface area contributed by atoms with Crippen LogP contribution < -0.4 is 5.32 Å². The van der Waals surface area contributed by atoms with Crippen molar-refractivity contribution >= 4 is 39.3 Å². The summed E-state index contributed by atoms with van der Waals surface area (Å²) in [4.78, 5) is 42.2. The number of hydrogen-bond acceptors (Lipinski definition) is 5. The molecule has 1 aliphatic carbocycles. The lowest BCUT2D eigenvalue weighted by Crippen LogP contribution is -2.46. The Morgan fingerprint density at radius 3 is 2.75 bits per heavy atom. The second kappa shape index (κ2) is 5.98. The van der Waals surface area contributed by atoms with Gasteiger partial charge in [0.15, 0.2) is 0 Å². The molecule has 4 rings (SSSR count). The Hall–Kier alpha value is -2.28. The van der Waals surface area contributed by atoms with Crippen molar-refractivity contribution in [3.63, 3.8) is 0 Å². The van der Waals surface area contributed by atoms with Crippen LogP contribution in [0.1, 0.15) is 30.7 Å². The van der Waals surface area contributed by atoms with Gasteiger partial charge in [0.05, 0.1) is 21.6 Å². The standard InChI is InChI=1S/C17H17N3O3S/c21-14-9-12(17(23)19-14)20(10-5-6-10)16(22)8-7-15-18-11-3-1-2-4-13(11)24-15/h1-4,10,12H,5-9H2,(H,19,21,23)/t12-/m0/s1. The third kappa shape index (κ3) is 2.91. The Bertz CT molecular complexity index is 794. The molecule has 1 aliphatic heterocycles. The van der Waals surface area contributed by atoms with Gasteiger partial charge in [-0.15, -0.1) is 11.3 Å². The largest absolute Gasteiger partial charge is 0.327 e. The molecule has 124 valence electrons. The maximum Gasteiger partial charge on any atom is 0.249 e. The molecule has 1 N–H and O–H groups in total. The van der Waals surface area contributed by atoms with Gasteiger partial charge in [0.25, 0.3) is 0 Å². The lowest BCUT2D eigenvalue weighted by Gasteiger charge is -2.26. The maximum atomic E-state index is 12.7. The van der Waals surface area contributed by atoms with E-state index < -0.39 is 6.04 Å². The first-order chi connectivity index (χ1) is 11.6. The molecule has 0 radical (unpaired) electrons. The van der Waals surface area contributed by atoms with Crippen LogP contribution in [-0.2, 0) is 20.8 Å². The van der Waals surface area contributed by atoms with E-state index in [9.17, 15) is 14.4 Å². The van der Waals surface area contributed by atoms with Crippen molar-refractivity contribution in [1.29, 1.82) is 0 Å². The molecule has 2 aliphatic rings. The molecule has 2 fully saturated rings. The zero-order chi connectivity index (χ0) is 16.7. The second-order valence-electron chi connectivity index (χ2n) is 6.24. The van der Waals surface area contributed by atoms with Crippen LogP contribution in [0.15, 0.2) is 24.3 Å². The molecule has 0 unspecified atom stereocenters. The zero-order valence-electron chi connectivity index (χ0n) is 13.0. The highest BCUT2D eigenvalue weighted by Crippen LogP contribution is 2.32. The van der Waals surface area contributed by atoms with E-state index in [1.54, 1.807) is 16.2 Å². The van der Waals surface area contributed by atoms with Gasteiger partial charge in [0.2, 0.25) is 17.7 Å². The molecule has 0 spiro atoms. The molecule has 1 saturated heterocycles. The summed E-state index contributed by atoms with van der Waals surface area (Å²) in [6.07, 6.45) is 2.77. The average molecular weight is 343 g/mol. The van der Waals surface area contributed by atoms with E-state index in [0.717, 1.165) is 28.1 Å². The van der Waals surface area contributed by atoms with E-state index in [0.29, 0.717) is 12.8 Å². The van der Waals surface area contributed by atoms with Crippen LogP contribution in [0.2, 0.25) is 0 Å². The Morgan fingerprint density at radius 1 is 1.29 bits per heavy atom. The Labute approximate surface area is 142 Å². The highest BCUT2D eigenvalue weighted by molar-refractivity contribution is 7.18. The molecule has 0 bridgehead atoms. The minimum Gasteiger partial charge on any atom is -0.327 e. The van der Waals surface area contributed by atoms with Crippen LogP contribution in [0, 0.1) is 0 Å². The number of imide groups is 1. The number of benzene rings is 1. The van der Waals surface area contributed by atoms with Crippen LogP contribution in [0.4, 0.5) is 0 Å². The number of rotatable bonds is 5. The monoisotopic (exact) mass is 343 g/mol. The second-order valence-corrected chi connectivity index (χ2v) is 7.36. The van der Waals surface area contributed by atoms with Crippen LogP contribution in [0.5, 0.6) is 0 Å². The van der Waals surface area contributed by atoms with Gasteiger partial charge in [-0.25, -0.2) is 4.98 Å². The highest BCUT2D eigenvalue weighted by Gasteiger charge is 2.44. The average Bonchev–Trinajstić information content (AvgIpc) is 3.20. The first-order valence-electron chi connectivity index (χ1n) is 8.11. The topological polar surface area (TPSA) is 79.4 Å². The van der Waals surface area contributed by atoms with Crippen LogP contribution in [-0.4, -0.2) is 39.7 Å². The quantitative estimate of drug-likeness (QED) is 0.837. The Morgan fingerprint density at radius 2 is 2.08 bits per heavy atom. The molecule has 1 aromatic heterocycles. The van der Waals surface area contributed by atoms with Crippen molar-refractivity contribution in [2.24, 2.45) is 0 Å². The summed E-state index contributed by atoms with van der Waals surface area (Å²) in [5.74, 6) is -0.707. The fourth-order valence-electron chi connectivity index (χ4n) is 3.12. The number of nitrogens with one attached hydrogen (secondary N) is 1. The Balaban J connectivity index is 1.45. The number of thiazole rings is 1. The first-order valence-corrected chi connectivity index (χ1v) is 8.93. The van der Waals surface area contributed by atoms with Crippen molar-refractivity contribution in [1.82, 2.24) is 15.2 Å². The fourth-order valence-corrected chi connectivity index (χ4v) is 4.09. The van der Waals surface area contributed by atoms with Gasteiger partial charge in [-0.05, 0) is 25.0 Å². The molecule has 3 amide bonds. The molecule has 24 heavy (non-hydrogen) atoms. The van der Waals surface area contributed by atoms with Crippen molar-refractivity contribution < 1.29 is 14.4 Å². The molecule has 6 nitrogen and oxygen atoms in total. The number of hydrogen-bond donors (Lipinski definition) is 1. The summed E-state index contributed by atoms with van der Waals surface area (Å²) >= 11 is 1.59. The normalized spacial score (nSPS) is 20.4. The molecule has 1 saturated carbocycles. The number of nitrogens with zero attached hydrogens (tertiary/aromatic N) is 2. The lowest BCUT2D eigenvalue weighted by atomic mass is 10.1. The van der Waals surface area contributed by atoms with Gasteiger partial charge in [-0.2, -0.15) is 0 Å². The minimum absolute atomic E-state index is 0.0633. The van der Waals surface area contributed by atoms with Crippen molar-refractivity contribution in [2.75, 3.05) is 0 Å². The number of amides is 3. The lowest BCUT2D eigenvalue weighted by molar-refractivity contribution is -0.139. The highest BCUT2D eigenvalue weighted by atomic mass is 32.1. The van der Waals surface area contributed by atoms with Gasteiger partial charge < -0.3 is 4.90 Å². The van der Waals surface area contributed by atoms with E-state index >= 15 is 0 Å². The van der Waals surface area contributed by atoms with Crippen LogP contribution in [0.25, 0.3) is 10.2 Å². The number of carbonyl (C=O) groups is 3. The van der Waals surface area contributed by atoms with E-state index in [2.05, 4.69) is 10.3 Å². The van der Waals surface area contributed by atoms with Crippen LogP contribution >= 0.6 is 11.3 Å². The maximum absolute atomic E-state index is 12.7. The smallest absolute Gasteiger partial charge is 0.249 e. The van der Waals surface area contributed by atoms with Gasteiger partial charge in [0.1, 0.15) is 6.04 Å². The number of aryl methyl sites for hydroxylation is 1. The SMILES string of the molecule is O=C1C[C@H](N(C(=O)CCc2nc3ccccc3s2)C2CC2)C(=O)N1. The van der Waals surface area contributed by atoms with Crippen molar-refractivity contribution in [2.45, 2.75) is 44.2 Å². The van der Waals surface area contributed by atoms with Gasteiger partial charge in [-0.3, -0.25) is 19.7 Å². The van der Waals surface area contributed by atoms with Gasteiger partial charge >= 0.3 is 0 Å². The van der Waals surface area contributed by atoms with Crippen molar-refractivity contribution in [3.8, 4) is 0 Å². The molecular formula is C17H17N3O3S. The third-order valence-electron chi connectivity index (χ3n) is 4.40. The predicted octanol–water partition coefficient (Wildman–Crippen LogP) is 1.64. The number of carbonyl (C=O) groups excluding carboxylic acids is 3. The number of para-hydroxylation sites is 1. The molecular weight excluding hydrogens is 326 g/mol. The summed E-state index contributed by atoms with van der Waals surface area (Å²) in [6, 6.07) is 7.37. The predicted molar refractivity (Wildman–Crippen MR) is 89.4 cm³/mol. The minimum atomic E-state index is -0.632. The molecule has 2 aromatic rings. The molecule has 1 atom stereocenters. The zero-order valence-corrected chi connectivity index (χ0v) is 13.8.